The summed E-state index contributed by atoms with van der Waals surface area (Å²) >= 11 is 0. The summed E-state index contributed by atoms with van der Waals surface area (Å²) in [6, 6.07) is 24.5. The van der Waals surface area contributed by atoms with Gasteiger partial charge in [0.1, 0.15) is 0 Å². The third-order valence-corrected chi connectivity index (χ3v) is 5.17. The molecule has 6 heteroatoms. The van der Waals surface area contributed by atoms with Crippen LogP contribution in [0, 0.1) is 0 Å². The molecular weight excluding hydrogens is 416 g/mol. The predicted octanol–water partition coefficient (Wildman–Crippen LogP) is 5.21. The molecule has 1 unspecified atom stereocenters. The Kier molecular flexibility index (Phi) is 8.47. The highest BCUT2D eigenvalue weighted by atomic mass is 16.5. The van der Waals surface area contributed by atoms with Crippen molar-refractivity contribution in [3.05, 3.63) is 90.0 Å². The molecule has 0 aliphatic heterocycles. The van der Waals surface area contributed by atoms with Crippen LogP contribution in [-0.2, 0) is 16.1 Å². The van der Waals surface area contributed by atoms with Crippen LogP contribution in [0.5, 0.6) is 11.5 Å². The monoisotopic (exact) mass is 446 g/mol. The number of carbonyl (C=O) groups is 2. The molecule has 0 bridgehead atoms. The first kappa shape index (κ1) is 23.9. The molecule has 2 amide bonds. The van der Waals surface area contributed by atoms with Crippen LogP contribution in [0.2, 0.25) is 0 Å². The first-order chi connectivity index (χ1) is 16.0. The molecule has 0 aliphatic carbocycles. The van der Waals surface area contributed by atoms with Crippen molar-refractivity contribution in [1.29, 1.82) is 0 Å². The van der Waals surface area contributed by atoms with Crippen LogP contribution in [0.3, 0.4) is 0 Å². The number of benzene rings is 3. The molecule has 0 aliphatic rings. The molecule has 1 N–H and O–H groups in total. The van der Waals surface area contributed by atoms with Gasteiger partial charge in [0.2, 0.25) is 5.91 Å². The van der Waals surface area contributed by atoms with Gasteiger partial charge in [0.15, 0.2) is 18.1 Å². The number of hydrogen-bond donors (Lipinski definition) is 1. The van der Waals surface area contributed by atoms with Crippen LogP contribution in [0.4, 0.5) is 5.69 Å². The molecular formula is C27H30N2O4. The predicted molar refractivity (Wildman–Crippen MR) is 129 cm³/mol. The molecule has 0 saturated heterocycles. The second-order valence-corrected chi connectivity index (χ2v) is 7.66. The lowest BCUT2D eigenvalue weighted by molar-refractivity contribution is -0.136. The molecule has 3 aromatic rings. The van der Waals surface area contributed by atoms with E-state index in [1.807, 2.05) is 86.6 Å². The van der Waals surface area contributed by atoms with Crippen molar-refractivity contribution in [1.82, 2.24) is 4.90 Å². The SMILES string of the molecule is CCOc1ccccc1OCC(=O)N(Cc1ccccc1)C(C)c1cccc(NC(C)=O)c1. The smallest absolute Gasteiger partial charge is 0.261 e. The molecule has 33 heavy (non-hydrogen) atoms. The van der Waals surface area contributed by atoms with E-state index in [2.05, 4.69) is 5.32 Å². The molecule has 3 rings (SSSR count). The summed E-state index contributed by atoms with van der Waals surface area (Å²) in [6.07, 6.45) is 0. The van der Waals surface area contributed by atoms with Gasteiger partial charge in [-0.05, 0) is 49.2 Å². The zero-order valence-electron chi connectivity index (χ0n) is 19.3. The number of para-hydroxylation sites is 2. The fourth-order valence-corrected chi connectivity index (χ4v) is 3.55. The van der Waals surface area contributed by atoms with Crippen LogP contribution in [0.25, 0.3) is 0 Å². The molecule has 0 heterocycles. The number of rotatable bonds is 10. The summed E-state index contributed by atoms with van der Waals surface area (Å²) in [4.78, 5) is 26.6. The zero-order chi connectivity index (χ0) is 23.6. The van der Waals surface area contributed by atoms with E-state index < -0.39 is 0 Å². The molecule has 0 aromatic heterocycles. The van der Waals surface area contributed by atoms with Gasteiger partial charge in [-0.25, -0.2) is 0 Å². The van der Waals surface area contributed by atoms with E-state index in [1.165, 1.54) is 6.92 Å². The minimum absolute atomic E-state index is 0.118. The Morgan fingerprint density at radius 1 is 0.909 bits per heavy atom. The van der Waals surface area contributed by atoms with Gasteiger partial charge in [0, 0.05) is 19.2 Å². The topological polar surface area (TPSA) is 67.9 Å². The summed E-state index contributed by atoms with van der Waals surface area (Å²) in [6.45, 7) is 6.17. The Balaban J connectivity index is 1.82. The maximum atomic E-state index is 13.4. The van der Waals surface area contributed by atoms with Crippen molar-refractivity contribution < 1.29 is 19.1 Å². The first-order valence-electron chi connectivity index (χ1n) is 11.0. The van der Waals surface area contributed by atoms with Crippen LogP contribution >= 0.6 is 0 Å². The van der Waals surface area contributed by atoms with Gasteiger partial charge in [-0.2, -0.15) is 0 Å². The van der Waals surface area contributed by atoms with Gasteiger partial charge >= 0.3 is 0 Å². The molecule has 3 aromatic carbocycles. The van der Waals surface area contributed by atoms with E-state index in [1.54, 1.807) is 11.0 Å². The van der Waals surface area contributed by atoms with Crippen LogP contribution in [0.15, 0.2) is 78.9 Å². The molecule has 0 spiro atoms. The van der Waals surface area contributed by atoms with Crippen LogP contribution < -0.4 is 14.8 Å². The number of amides is 2. The summed E-state index contributed by atoms with van der Waals surface area (Å²) in [5.74, 6) is 0.854. The fourth-order valence-electron chi connectivity index (χ4n) is 3.55. The third-order valence-electron chi connectivity index (χ3n) is 5.17. The number of nitrogens with one attached hydrogen (secondary N) is 1. The highest BCUT2D eigenvalue weighted by Gasteiger charge is 2.23. The molecule has 0 fully saturated rings. The van der Waals surface area contributed by atoms with E-state index in [4.69, 9.17) is 9.47 Å². The fraction of sp³-hybridized carbons (Fsp3) is 0.259. The largest absolute Gasteiger partial charge is 0.490 e. The van der Waals surface area contributed by atoms with Gasteiger partial charge in [0.25, 0.3) is 5.91 Å². The minimum Gasteiger partial charge on any atom is -0.490 e. The normalized spacial score (nSPS) is 11.4. The van der Waals surface area contributed by atoms with Crippen molar-refractivity contribution in [3.63, 3.8) is 0 Å². The average molecular weight is 447 g/mol. The molecule has 6 nitrogen and oxygen atoms in total. The molecule has 1 atom stereocenters. The third kappa shape index (κ3) is 6.84. The number of hydrogen-bond acceptors (Lipinski definition) is 4. The Morgan fingerprint density at radius 2 is 1.58 bits per heavy atom. The van der Waals surface area contributed by atoms with Crippen molar-refractivity contribution >= 4 is 17.5 Å². The number of carbonyl (C=O) groups excluding carboxylic acids is 2. The molecule has 172 valence electrons. The highest BCUT2D eigenvalue weighted by Crippen LogP contribution is 2.28. The van der Waals surface area contributed by atoms with Crippen LogP contribution in [0.1, 0.15) is 37.9 Å². The van der Waals surface area contributed by atoms with E-state index in [0.717, 1.165) is 11.1 Å². The summed E-state index contributed by atoms with van der Waals surface area (Å²) in [5, 5.41) is 2.80. The van der Waals surface area contributed by atoms with Crippen molar-refractivity contribution in [3.8, 4) is 11.5 Å². The Labute approximate surface area is 195 Å². The standard InChI is InChI=1S/C27H30N2O4/c1-4-32-25-15-8-9-16-26(25)33-19-27(31)29(18-22-11-6-5-7-12-22)20(2)23-13-10-14-24(17-23)28-21(3)30/h5-17,20H,4,18-19H2,1-3H3,(H,28,30). The lowest BCUT2D eigenvalue weighted by Crippen LogP contribution is -2.36. The van der Waals surface area contributed by atoms with Crippen molar-refractivity contribution in [2.75, 3.05) is 18.5 Å². The maximum Gasteiger partial charge on any atom is 0.261 e. The maximum absolute atomic E-state index is 13.4. The second-order valence-electron chi connectivity index (χ2n) is 7.66. The quantitative estimate of drug-likeness (QED) is 0.464. The van der Waals surface area contributed by atoms with Crippen molar-refractivity contribution in [2.45, 2.75) is 33.4 Å². The van der Waals surface area contributed by atoms with Gasteiger partial charge in [-0.15, -0.1) is 0 Å². The zero-order valence-corrected chi connectivity index (χ0v) is 19.3. The number of nitrogens with zero attached hydrogens (tertiary/aromatic N) is 1. The van der Waals surface area contributed by atoms with E-state index in [9.17, 15) is 9.59 Å². The van der Waals surface area contributed by atoms with Crippen molar-refractivity contribution in [2.24, 2.45) is 0 Å². The minimum atomic E-state index is -0.239. The Morgan fingerprint density at radius 3 is 2.24 bits per heavy atom. The van der Waals surface area contributed by atoms with E-state index in [0.29, 0.717) is 30.3 Å². The lowest BCUT2D eigenvalue weighted by atomic mass is 10.0. The summed E-state index contributed by atoms with van der Waals surface area (Å²) in [7, 11) is 0. The molecule has 0 saturated carbocycles. The van der Waals surface area contributed by atoms with Gasteiger partial charge in [0.05, 0.1) is 12.6 Å². The molecule has 0 radical (unpaired) electrons. The summed E-state index contributed by atoms with van der Waals surface area (Å²) < 4.78 is 11.5. The Bertz CT molecular complexity index is 1070. The van der Waals surface area contributed by atoms with E-state index >= 15 is 0 Å². The van der Waals surface area contributed by atoms with E-state index in [-0.39, 0.29) is 24.5 Å². The number of ether oxygens (including phenoxy) is 2. The van der Waals surface area contributed by atoms with Gasteiger partial charge < -0.3 is 19.7 Å². The highest BCUT2D eigenvalue weighted by molar-refractivity contribution is 5.88. The summed E-state index contributed by atoms with van der Waals surface area (Å²) in [5.41, 5.74) is 2.63. The first-order valence-corrected chi connectivity index (χ1v) is 11.0. The Hall–Kier alpha value is -3.80. The van der Waals surface area contributed by atoms with Gasteiger partial charge in [-0.1, -0.05) is 54.6 Å². The number of anilines is 1. The lowest BCUT2D eigenvalue weighted by Gasteiger charge is -2.30. The van der Waals surface area contributed by atoms with Crippen LogP contribution in [-0.4, -0.2) is 29.9 Å². The van der Waals surface area contributed by atoms with Gasteiger partial charge in [-0.3, -0.25) is 9.59 Å². The average Bonchev–Trinajstić information content (AvgIpc) is 2.82. The second kappa shape index (κ2) is 11.7.